The summed E-state index contributed by atoms with van der Waals surface area (Å²) < 4.78 is 67.0. The molecule has 0 aliphatic carbocycles. The summed E-state index contributed by atoms with van der Waals surface area (Å²) in [5.74, 6) is -1.89. The molecule has 2 heterocycles. The van der Waals surface area contributed by atoms with E-state index < -0.39 is 48.7 Å². The molecule has 1 atom stereocenters. The van der Waals surface area contributed by atoms with Crippen LogP contribution in [-0.4, -0.2) is 53.4 Å². The Kier molecular flexibility index (Phi) is 14.4. The number of amides is 1. The monoisotopic (exact) mass is 788 g/mol. The second kappa shape index (κ2) is 16.7. The van der Waals surface area contributed by atoms with Gasteiger partial charge in [0.1, 0.15) is 15.8 Å². The molecule has 0 saturated heterocycles. The first-order valence-corrected chi connectivity index (χ1v) is 16.2. The molecule has 0 saturated carbocycles. The van der Waals surface area contributed by atoms with Crippen LogP contribution >= 0.6 is 0 Å². The predicted molar refractivity (Wildman–Crippen MR) is 160 cm³/mol. The molecule has 1 radical (unpaired) electrons. The van der Waals surface area contributed by atoms with Gasteiger partial charge in [0, 0.05) is 5.88 Å². The van der Waals surface area contributed by atoms with Crippen LogP contribution in [0.2, 0.25) is 0 Å². The normalized spacial score (nSPS) is 14.8. The van der Waals surface area contributed by atoms with Crippen LogP contribution in [0.4, 0.5) is 22.7 Å². The second-order valence-corrected chi connectivity index (χ2v) is 13.1. The molecule has 1 aromatic heterocycles. The fourth-order valence-corrected chi connectivity index (χ4v) is 5.68. The third-order valence-electron chi connectivity index (χ3n) is 6.95. The van der Waals surface area contributed by atoms with E-state index in [9.17, 15) is 40.9 Å². The molecule has 17 nitrogen and oxygen atoms in total. The Labute approximate surface area is 341 Å². The van der Waals surface area contributed by atoms with Crippen LogP contribution in [0.25, 0.3) is 5.69 Å². The summed E-state index contributed by atoms with van der Waals surface area (Å²) in [6.07, 6.45) is 0. The molecule has 1 N–H and O–H groups in total. The summed E-state index contributed by atoms with van der Waals surface area (Å²) in [6, 6.07) is 9.77. The van der Waals surface area contributed by atoms with Gasteiger partial charge >= 0.3 is 76.2 Å². The van der Waals surface area contributed by atoms with Crippen LogP contribution in [0, 0.1) is 20.8 Å². The summed E-state index contributed by atoms with van der Waals surface area (Å²) >= 11 is 0. The summed E-state index contributed by atoms with van der Waals surface area (Å²) in [7, 11) is -9.13. The first-order chi connectivity index (χ1) is 22.0. The molecule has 253 valence electrons. The van der Waals surface area contributed by atoms with Gasteiger partial charge in [0.15, 0.2) is 6.04 Å². The Balaban J connectivity index is 0.00000289. The number of carbonyl (C=O) groups is 1. The van der Waals surface area contributed by atoms with Crippen LogP contribution in [0.1, 0.15) is 23.7 Å². The van der Waals surface area contributed by atoms with Crippen molar-refractivity contribution in [1.29, 1.82) is 0 Å². The summed E-state index contributed by atoms with van der Waals surface area (Å²) in [5.41, 5.74) is 1.41. The van der Waals surface area contributed by atoms with Crippen molar-refractivity contribution in [2.45, 2.75) is 43.5 Å². The van der Waals surface area contributed by atoms with E-state index in [-0.39, 0.29) is 121 Å². The van der Waals surface area contributed by atoms with Gasteiger partial charge < -0.3 is 14.8 Å². The number of aryl methyl sites for hydroxylation is 3. The molecule has 1 amide bonds. The first kappa shape index (κ1) is 43.3. The molecular weight excluding hydrogens is 766 g/mol. The van der Waals surface area contributed by atoms with Crippen LogP contribution in [0.15, 0.2) is 89.9 Å². The zero-order valence-electron chi connectivity index (χ0n) is 27.2. The number of aromatic nitrogens is 2. The van der Waals surface area contributed by atoms with Crippen molar-refractivity contribution < 1.29 is 117 Å². The fraction of sp³-hybridized carbons (Fsp3) is 0.179. The minimum absolute atomic E-state index is 0. The Hall–Kier alpha value is -2.85. The number of anilines is 1. The van der Waals surface area contributed by atoms with E-state index in [0.29, 0.717) is 11.1 Å². The number of azo groups is 2. The van der Waals surface area contributed by atoms with Crippen molar-refractivity contribution in [1.82, 2.24) is 9.78 Å². The van der Waals surface area contributed by atoms with Gasteiger partial charge in [-0.1, -0.05) is 5.75 Å². The van der Waals surface area contributed by atoms with Crippen molar-refractivity contribution in [2.24, 2.45) is 25.6 Å². The Morgan fingerprint density at radius 3 is 2.00 bits per heavy atom. The predicted octanol–water partition coefficient (Wildman–Crippen LogP) is -2.61. The van der Waals surface area contributed by atoms with E-state index in [2.05, 4.69) is 30.7 Å². The Morgan fingerprint density at radius 2 is 1.42 bits per heavy atom. The van der Waals surface area contributed by atoms with Gasteiger partial charge in [-0.2, -0.15) is 39.0 Å². The molecule has 5 rings (SSSR count). The number of benzene rings is 3. The molecule has 22 heteroatoms. The number of rotatable bonds is 8. The maximum Gasteiger partial charge on any atom is 2.00 e. The number of nitrogens with zero attached hydrogens (tertiary/aromatic N) is 8. The van der Waals surface area contributed by atoms with Crippen molar-refractivity contribution in [3.63, 3.8) is 0 Å². The van der Waals surface area contributed by atoms with Crippen molar-refractivity contribution in [2.75, 3.05) is 5.01 Å². The average molecular weight is 789 g/mol. The van der Waals surface area contributed by atoms with Gasteiger partial charge in [-0.15, -0.1) is 5.11 Å². The van der Waals surface area contributed by atoms with E-state index in [0.717, 1.165) is 34.0 Å². The van der Waals surface area contributed by atoms with Gasteiger partial charge in [0.05, 0.1) is 43.9 Å². The molecular formula is C28H23CuN8Na2O9S2+. The zero-order chi connectivity index (χ0) is 34.4. The Morgan fingerprint density at radius 1 is 0.820 bits per heavy atom. The van der Waals surface area contributed by atoms with Gasteiger partial charge in [0.2, 0.25) is 0 Å². The molecule has 0 fully saturated rings. The molecule has 4 aromatic rings. The van der Waals surface area contributed by atoms with E-state index in [1.807, 2.05) is 0 Å². The van der Waals surface area contributed by atoms with Crippen LogP contribution in [-0.2, 0) is 42.1 Å². The zero-order valence-corrected chi connectivity index (χ0v) is 33.8. The number of carbonyl (C=O) groups excluding carboxylic acids is 1. The van der Waals surface area contributed by atoms with E-state index in [1.54, 1.807) is 6.92 Å². The molecule has 1 unspecified atom stereocenters. The molecule has 3 aromatic carbocycles. The third-order valence-corrected chi connectivity index (χ3v) is 8.63. The smallest absolute Gasteiger partial charge is 0.871 e. The van der Waals surface area contributed by atoms with Crippen molar-refractivity contribution in [3.8, 4) is 17.3 Å². The van der Waals surface area contributed by atoms with Gasteiger partial charge in [-0.3, -0.25) is 9.35 Å². The Bertz CT molecular complexity index is 2280. The van der Waals surface area contributed by atoms with Gasteiger partial charge in [-0.25, -0.2) is 13.1 Å². The average Bonchev–Trinajstić information content (AvgIpc) is 3.42. The first-order valence-electron chi connectivity index (χ1n) is 13.4. The largest absolute Gasteiger partial charge is 2.00 e. The van der Waals surface area contributed by atoms with Gasteiger partial charge in [0.25, 0.3) is 16.0 Å². The number of hydrogen-bond donors (Lipinski definition) is 1. The van der Waals surface area contributed by atoms with Crippen molar-refractivity contribution >= 4 is 54.6 Å². The number of hydrazone groups is 1. The maximum atomic E-state index is 13.1. The fourth-order valence-electron chi connectivity index (χ4n) is 4.56. The van der Waals surface area contributed by atoms with Crippen molar-refractivity contribution in [3.05, 3.63) is 71.4 Å². The van der Waals surface area contributed by atoms with Gasteiger partial charge in [-0.05, 0) is 93.4 Å². The molecule has 1 aliphatic heterocycles. The molecule has 50 heavy (non-hydrogen) atoms. The minimum Gasteiger partial charge on any atom is -0.871 e. The molecule has 1 aliphatic rings. The standard InChI is InChI=1S/C28H26N8O9S2.Cu.2Na/c1-14-11-19(46(40,41)42)6-9-22(14)35-27(38)25(16(3)33-35)31-29-18-5-8-21(24(37)13-18)30-32-26-17(4)34-36(28(26)39)23-10-7-20(12-15(23)2)47(43,44)45;;;/h5-13,25,37,39H,1-4H3,(H,40,41,42)(H,43,44,45);;;/q;+2;2*+1/p-3. The van der Waals surface area contributed by atoms with E-state index >= 15 is 0 Å². The summed E-state index contributed by atoms with van der Waals surface area (Å²) in [5, 5.41) is 50.9. The van der Waals surface area contributed by atoms with E-state index in [4.69, 9.17) is 0 Å². The number of hydrogen-bond acceptors (Lipinski definition) is 14. The molecule has 0 bridgehead atoms. The quantitative estimate of drug-likeness (QED) is 0.111. The molecule has 0 spiro atoms. The minimum atomic E-state index is -4.69. The SMILES string of the molecule is CC1=NN(c2ccc(S(=O)(=O)[O-])cc2C)C(=O)C1N=Nc1ccc(N=Nc2c(C)nn(-c3ccc(S(=O)(=O)O)cc3C)c2[O-])c([O-])c1.[Cu+2].[Na+].[Na+]. The van der Waals surface area contributed by atoms with Crippen LogP contribution in [0.5, 0.6) is 11.6 Å². The maximum absolute atomic E-state index is 13.1. The third kappa shape index (κ3) is 9.14. The topological polar surface area (TPSA) is 258 Å². The van der Waals surface area contributed by atoms with E-state index in [1.165, 1.54) is 51.1 Å². The second-order valence-electron chi connectivity index (χ2n) is 10.3. The summed E-state index contributed by atoms with van der Waals surface area (Å²) in [4.78, 5) is 12.3. The van der Waals surface area contributed by atoms with Crippen LogP contribution in [0.3, 0.4) is 0 Å². The van der Waals surface area contributed by atoms with Crippen LogP contribution < -0.4 is 74.3 Å². The summed E-state index contributed by atoms with van der Waals surface area (Å²) in [6.45, 7) is 6.09.